The predicted molar refractivity (Wildman–Crippen MR) is 56.4 cm³/mol. The van der Waals surface area contributed by atoms with Crippen LogP contribution in [-0.2, 0) is 0 Å². The molecule has 86 valence electrons. The Morgan fingerprint density at radius 2 is 2.00 bits per heavy atom. The Morgan fingerprint density at radius 1 is 1.44 bits per heavy atom. The minimum atomic E-state index is -0.442. The second-order valence-corrected chi connectivity index (χ2v) is 3.75. The fourth-order valence-electron chi connectivity index (χ4n) is 1.39. The van der Waals surface area contributed by atoms with Gasteiger partial charge in [0.05, 0.1) is 0 Å². The molecule has 0 heterocycles. The first-order chi connectivity index (χ1) is 7.49. The van der Waals surface area contributed by atoms with Crippen LogP contribution >= 0.6 is 0 Å². The van der Waals surface area contributed by atoms with Gasteiger partial charge in [0.25, 0.3) is 0 Å². The van der Waals surface area contributed by atoms with E-state index in [1.165, 1.54) is 24.3 Å². The molecule has 1 atom stereocenters. The zero-order valence-electron chi connectivity index (χ0n) is 8.85. The van der Waals surface area contributed by atoms with Crippen molar-refractivity contribution in [3.05, 3.63) is 45.8 Å². The van der Waals surface area contributed by atoms with Gasteiger partial charge in [0.1, 0.15) is 5.82 Å². The molecule has 1 aromatic rings. The molecule has 1 aromatic carbocycles. The molecule has 0 saturated heterocycles. The van der Waals surface area contributed by atoms with E-state index in [0.29, 0.717) is 5.56 Å². The molecule has 5 heteroatoms. The molecule has 0 amide bonds. The molecule has 4 nitrogen and oxygen atoms in total. The van der Waals surface area contributed by atoms with Gasteiger partial charge in [-0.1, -0.05) is 6.92 Å². The normalized spacial score (nSPS) is 12.1. The highest BCUT2D eigenvalue weighted by molar-refractivity contribution is 5.96. The summed E-state index contributed by atoms with van der Waals surface area (Å²) < 4.78 is 12.6. The summed E-state index contributed by atoms with van der Waals surface area (Å²) in [7, 11) is 0. The van der Waals surface area contributed by atoms with Gasteiger partial charge in [-0.25, -0.2) is 4.39 Å². The maximum Gasteiger partial charge on any atom is 0.206 e. The monoisotopic (exact) mass is 225 g/mol. The van der Waals surface area contributed by atoms with Gasteiger partial charge in [-0.2, -0.15) is 0 Å². The highest BCUT2D eigenvalue weighted by Crippen LogP contribution is 2.11. The zero-order valence-corrected chi connectivity index (χ0v) is 8.85. The molecular formula is C11H12FNO3. The van der Waals surface area contributed by atoms with Gasteiger partial charge in [0, 0.05) is 22.8 Å². The van der Waals surface area contributed by atoms with Crippen molar-refractivity contribution >= 4 is 5.78 Å². The Hall–Kier alpha value is -1.78. The van der Waals surface area contributed by atoms with Gasteiger partial charge in [-0.05, 0) is 24.3 Å². The first kappa shape index (κ1) is 12.3. The molecule has 1 rings (SSSR count). The molecule has 0 fully saturated rings. The topological polar surface area (TPSA) is 60.2 Å². The van der Waals surface area contributed by atoms with E-state index < -0.39 is 10.7 Å². The van der Waals surface area contributed by atoms with Crippen LogP contribution in [0.4, 0.5) is 4.39 Å². The highest BCUT2D eigenvalue weighted by atomic mass is 19.1. The number of halogens is 1. The summed E-state index contributed by atoms with van der Waals surface area (Å²) in [5.74, 6) is -0.920. The summed E-state index contributed by atoms with van der Waals surface area (Å²) in [5.41, 5.74) is 0.386. The van der Waals surface area contributed by atoms with Crippen LogP contribution in [0.2, 0.25) is 0 Å². The highest BCUT2D eigenvalue weighted by Gasteiger charge is 2.15. The van der Waals surface area contributed by atoms with Crippen molar-refractivity contribution in [3.8, 4) is 0 Å². The molecule has 0 N–H and O–H groups in total. The minimum Gasteiger partial charge on any atom is -0.294 e. The predicted octanol–water partition coefficient (Wildman–Crippen LogP) is 2.31. The number of carbonyl (C=O) groups excluding carboxylic acids is 1. The van der Waals surface area contributed by atoms with E-state index in [4.69, 9.17) is 0 Å². The fourth-order valence-corrected chi connectivity index (χ4v) is 1.39. The summed E-state index contributed by atoms with van der Waals surface area (Å²) in [6.45, 7) is 1.41. The molecule has 0 aromatic heterocycles. The van der Waals surface area contributed by atoms with E-state index in [-0.39, 0.29) is 24.7 Å². The van der Waals surface area contributed by atoms with Crippen LogP contribution in [0, 0.1) is 21.8 Å². The van der Waals surface area contributed by atoms with Crippen molar-refractivity contribution in [2.24, 2.45) is 5.92 Å². The molecule has 0 aliphatic heterocycles. The van der Waals surface area contributed by atoms with Crippen molar-refractivity contribution in [3.63, 3.8) is 0 Å². The molecular weight excluding hydrogens is 213 g/mol. The van der Waals surface area contributed by atoms with Crippen LogP contribution in [0.1, 0.15) is 23.7 Å². The van der Waals surface area contributed by atoms with Crippen molar-refractivity contribution in [2.75, 3.05) is 6.54 Å². The van der Waals surface area contributed by atoms with Crippen LogP contribution in [0.5, 0.6) is 0 Å². The summed E-state index contributed by atoms with van der Waals surface area (Å²) in [5, 5.41) is 10.2. The number of hydrogen-bond acceptors (Lipinski definition) is 3. The van der Waals surface area contributed by atoms with Crippen LogP contribution < -0.4 is 0 Å². The second-order valence-electron chi connectivity index (χ2n) is 3.75. The van der Waals surface area contributed by atoms with Crippen molar-refractivity contribution in [1.29, 1.82) is 0 Å². The number of rotatable bonds is 5. The number of hydrogen-bond donors (Lipinski definition) is 0. The van der Waals surface area contributed by atoms with Crippen LogP contribution in [0.25, 0.3) is 0 Å². The zero-order chi connectivity index (χ0) is 12.1. The summed E-state index contributed by atoms with van der Waals surface area (Å²) >= 11 is 0. The molecule has 0 radical (unpaired) electrons. The minimum absolute atomic E-state index is 0.104. The molecule has 0 aliphatic rings. The van der Waals surface area contributed by atoms with Gasteiger partial charge in [0.2, 0.25) is 6.54 Å². The van der Waals surface area contributed by atoms with Crippen molar-refractivity contribution < 1.29 is 14.1 Å². The fraction of sp³-hybridized carbons (Fsp3) is 0.364. The Labute approximate surface area is 92.2 Å². The van der Waals surface area contributed by atoms with Gasteiger partial charge >= 0.3 is 0 Å². The first-order valence-electron chi connectivity index (χ1n) is 4.89. The van der Waals surface area contributed by atoms with E-state index in [9.17, 15) is 19.3 Å². The third kappa shape index (κ3) is 3.76. The average molecular weight is 225 g/mol. The quantitative estimate of drug-likeness (QED) is 0.439. The molecule has 0 spiro atoms. The Bertz CT molecular complexity index is 389. The number of ketones is 1. The first-order valence-corrected chi connectivity index (χ1v) is 4.89. The Kier molecular flexibility index (Phi) is 4.10. The SMILES string of the molecule is CC(CC(=O)c1ccc(F)cc1)C[N+](=O)[O-]. The molecule has 0 bridgehead atoms. The largest absolute Gasteiger partial charge is 0.294 e. The third-order valence-electron chi connectivity index (χ3n) is 2.16. The van der Waals surface area contributed by atoms with Crippen LogP contribution in [-0.4, -0.2) is 17.3 Å². The summed E-state index contributed by atoms with van der Waals surface area (Å²) in [6, 6.07) is 5.17. The van der Waals surface area contributed by atoms with Gasteiger partial charge in [-0.3, -0.25) is 14.9 Å². The number of carbonyl (C=O) groups is 1. The van der Waals surface area contributed by atoms with Crippen molar-refractivity contribution in [2.45, 2.75) is 13.3 Å². The van der Waals surface area contributed by atoms with Gasteiger partial charge in [0.15, 0.2) is 5.78 Å². The van der Waals surface area contributed by atoms with Gasteiger partial charge < -0.3 is 0 Å². The van der Waals surface area contributed by atoms with E-state index in [2.05, 4.69) is 0 Å². The second kappa shape index (κ2) is 5.34. The van der Waals surface area contributed by atoms with Gasteiger partial charge in [-0.15, -0.1) is 0 Å². The molecule has 1 unspecified atom stereocenters. The molecule has 0 aliphatic carbocycles. The standard InChI is InChI=1S/C11H12FNO3/c1-8(7-13(15)16)6-11(14)9-2-4-10(12)5-3-9/h2-5,8H,6-7H2,1H3. The van der Waals surface area contributed by atoms with E-state index in [0.717, 1.165) is 0 Å². The maximum atomic E-state index is 12.6. The lowest BCUT2D eigenvalue weighted by Gasteiger charge is -2.05. The number of benzene rings is 1. The number of nitrogens with zero attached hydrogens (tertiary/aromatic N) is 1. The average Bonchev–Trinajstić information content (AvgIpc) is 2.16. The summed E-state index contributed by atoms with van der Waals surface area (Å²) in [4.78, 5) is 21.4. The third-order valence-corrected chi connectivity index (χ3v) is 2.16. The van der Waals surface area contributed by atoms with E-state index in [1.807, 2.05) is 0 Å². The van der Waals surface area contributed by atoms with E-state index in [1.54, 1.807) is 6.92 Å². The number of nitro groups is 1. The molecule has 16 heavy (non-hydrogen) atoms. The maximum absolute atomic E-state index is 12.6. The number of Topliss-reactive ketones (excluding diaryl/α,β-unsaturated/α-hetero) is 1. The Balaban J connectivity index is 2.58. The lowest BCUT2D eigenvalue weighted by atomic mass is 10.00. The molecule has 0 saturated carbocycles. The Morgan fingerprint density at radius 3 is 2.50 bits per heavy atom. The van der Waals surface area contributed by atoms with Crippen molar-refractivity contribution in [1.82, 2.24) is 0 Å². The smallest absolute Gasteiger partial charge is 0.206 e. The lowest BCUT2D eigenvalue weighted by molar-refractivity contribution is -0.487. The van der Waals surface area contributed by atoms with Crippen LogP contribution in [0.15, 0.2) is 24.3 Å². The van der Waals surface area contributed by atoms with Crippen LogP contribution in [0.3, 0.4) is 0 Å². The summed E-state index contributed by atoms with van der Waals surface area (Å²) in [6.07, 6.45) is 0.104. The lowest BCUT2D eigenvalue weighted by Crippen LogP contribution is -2.15. The van der Waals surface area contributed by atoms with E-state index >= 15 is 0 Å².